The van der Waals surface area contributed by atoms with Crippen molar-refractivity contribution in [1.29, 1.82) is 0 Å². The van der Waals surface area contributed by atoms with Crippen molar-refractivity contribution in [1.82, 2.24) is 4.90 Å². The number of hydrogen-bond acceptors (Lipinski definition) is 3. The number of aryl methyl sites for hydroxylation is 3. The van der Waals surface area contributed by atoms with Crippen LogP contribution in [0.4, 0.5) is 5.69 Å². The molecule has 3 heteroatoms. The topological polar surface area (TPSA) is 6.48 Å². The van der Waals surface area contributed by atoms with Crippen LogP contribution in [0.25, 0.3) is 0 Å². The minimum Gasteiger partial charge on any atom is -0.345 e. The van der Waals surface area contributed by atoms with E-state index in [1.54, 1.807) is 0 Å². The molecule has 0 amide bonds. The minimum absolute atomic E-state index is 0.928. The average molecular weight is 324 g/mol. The molecule has 1 saturated heterocycles. The molecule has 0 aromatic heterocycles. The summed E-state index contributed by atoms with van der Waals surface area (Å²) in [5, 5.41) is 0. The Morgan fingerprint density at radius 3 is 2.43 bits per heavy atom. The second-order valence-electron chi connectivity index (χ2n) is 6.23. The zero-order chi connectivity index (χ0) is 16.4. The molecule has 2 aromatic rings. The van der Waals surface area contributed by atoms with E-state index in [-0.39, 0.29) is 0 Å². The fraction of sp³-hybridized carbons (Fsp3) is 0.350. The van der Waals surface area contributed by atoms with Crippen LogP contribution in [0.5, 0.6) is 0 Å². The molecule has 0 saturated carbocycles. The summed E-state index contributed by atoms with van der Waals surface area (Å²) in [4.78, 5) is 5.94. The third kappa shape index (κ3) is 3.56. The first kappa shape index (κ1) is 16.4. The molecule has 2 nitrogen and oxygen atoms in total. The Morgan fingerprint density at radius 2 is 1.74 bits per heavy atom. The molecule has 0 spiro atoms. The zero-order valence-corrected chi connectivity index (χ0v) is 15.2. The highest BCUT2D eigenvalue weighted by Gasteiger charge is 2.25. The molecule has 2 aromatic carbocycles. The molecule has 1 fully saturated rings. The lowest BCUT2D eigenvalue weighted by molar-refractivity contribution is 0.380. The monoisotopic (exact) mass is 324 g/mol. The van der Waals surface area contributed by atoms with E-state index in [9.17, 15) is 0 Å². The summed E-state index contributed by atoms with van der Waals surface area (Å²) < 4.78 is 0. The molecule has 2 radical (unpaired) electrons. The predicted molar refractivity (Wildman–Crippen MR) is 99.9 cm³/mol. The van der Waals surface area contributed by atoms with E-state index in [1.807, 2.05) is 11.8 Å². The van der Waals surface area contributed by atoms with Gasteiger partial charge in [0.25, 0.3) is 0 Å². The Morgan fingerprint density at radius 1 is 1.04 bits per heavy atom. The quantitative estimate of drug-likeness (QED) is 0.756. The molecule has 1 heterocycles. The van der Waals surface area contributed by atoms with Crippen LogP contribution in [-0.4, -0.2) is 24.2 Å². The molecule has 0 N–H and O–H groups in total. The van der Waals surface area contributed by atoms with Gasteiger partial charge in [0.2, 0.25) is 0 Å². The number of hydrogen-bond donors (Lipinski definition) is 0. The highest BCUT2D eigenvalue weighted by molar-refractivity contribution is 7.98. The molecule has 1 aliphatic rings. The van der Waals surface area contributed by atoms with Gasteiger partial charge in [-0.05, 0) is 49.8 Å². The Hall–Kier alpha value is -1.45. The van der Waals surface area contributed by atoms with E-state index in [0.29, 0.717) is 0 Å². The van der Waals surface area contributed by atoms with Crippen LogP contribution in [0.15, 0.2) is 41.3 Å². The molecule has 0 aliphatic carbocycles. The van der Waals surface area contributed by atoms with Crippen LogP contribution in [-0.2, 0) is 6.54 Å². The van der Waals surface area contributed by atoms with E-state index in [4.69, 9.17) is 0 Å². The lowest BCUT2D eigenvalue weighted by Gasteiger charge is -2.23. The summed E-state index contributed by atoms with van der Waals surface area (Å²) in [6.07, 6.45) is 2.14. The van der Waals surface area contributed by atoms with Crippen LogP contribution < -0.4 is 4.90 Å². The normalized spacial score (nSPS) is 15.4. The molecule has 0 bridgehead atoms. The van der Waals surface area contributed by atoms with Crippen molar-refractivity contribution in [3.8, 4) is 0 Å². The Kier molecular flexibility index (Phi) is 4.98. The number of thioether (sulfide) groups is 1. The summed E-state index contributed by atoms with van der Waals surface area (Å²) in [6.45, 7) is 13.1. The van der Waals surface area contributed by atoms with E-state index in [2.05, 4.69) is 79.9 Å². The molecule has 3 rings (SSSR count). The SMILES string of the molecule is CSc1ccccc1CN1[C]N(c2c(C)cc(C)cc2C)CC1. The smallest absolute Gasteiger partial charge is 0.177 e. The number of anilines is 1. The van der Waals surface area contributed by atoms with Crippen molar-refractivity contribution in [3.63, 3.8) is 0 Å². The summed E-state index contributed by atoms with van der Waals surface area (Å²) in [6, 6.07) is 13.2. The fourth-order valence-corrected chi connectivity index (χ4v) is 4.01. The second kappa shape index (κ2) is 6.98. The standard InChI is InChI=1S/C20H24N2S/c1-15-11-16(2)20(17(3)12-15)22-10-9-21(14-22)13-18-7-5-6-8-19(18)23-4/h5-8,11-12H,9-10,13H2,1-4H3. The highest BCUT2D eigenvalue weighted by Crippen LogP contribution is 2.31. The van der Waals surface area contributed by atoms with Crippen LogP contribution >= 0.6 is 11.8 Å². The largest absolute Gasteiger partial charge is 0.345 e. The summed E-state index contributed by atoms with van der Waals surface area (Å²) in [5.74, 6) is 0. The van der Waals surface area contributed by atoms with Gasteiger partial charge < -0.3 is 4.90 Å². The van der Waals surface area contributed by atoms with Crippen LogP contribution in [0.2, 0.25) is 0 Å². The van der Waals surface area contributed by atoms with Gasteiger partial charge >= 0.3 is 0 Å². The maximum Gasteiger partial charge on any atom is 0.177 e. The first-order chi connectivity index (χ1) is 11.1. The van der Waals surface area contributed by atoms with Gasteiger partial charge in [-0.1, -0.05) is 35.9 Å². The zero-order valence-electron chi connectivity index (χ0n) is 14.4. The van der Waals surface area contributed by atoms with Crippen molar-refractivity contribution in [2.75, 3.05) is 24.2 Å². The van der Waals surface area contributed by atoms with Gasteiger partial charge in [0.1, 0.15) is 0 Å². The van der Waals surface area contributed by atoms with E-state index in [0.717, 1.165) is 19.6 Å². The molecular weight excluding hydrogens is 300 g/mol. The molecule has 0 atom stereocenters. The first-order valence-corrected chi connectivity index (χ1v) is 9.29. The maximum atomic E-state index is 3.57. The Labute approximate surface area is 144 Å². The van der Waals surface area contributed by atoms with Crippen molar-refractivity contribution in [2.45, 2.75) is 32.2 Å². The molecule has 120 valence electrons. The van der Waals surface area contributed by atoms with Gasteiger partial charge in [-0.3, -0.25) is 4.90 Å². The van der Waals surface area contributed by atoms with E-state index < -0.39 is 0 Å². The lowest BCUT2D eigenvalue weighted by atomic mass is 10.0. The Bertz CT molecular complexity index is 673. The first-order valence-electron chi connectivity index (χ1n) is 8.07. The third-order valence-corrected chi connectivity index (χ3v) is 5.15. The molecule has 1 aliphatic heterocycles. The van der Waals surface area contributed by atoms with Gasteiger partial charge in [-0.25, -0.2) is 0 Å². The van der Waals surface area contributed by atoms with Gasteiger partial charge in [0, 0.05) is 30.2 Å². The minimum atomic E-state index is 0.928. The van der Waals surface area contributed by atoms with Crippen LogP contribution in [0.1, 0.15) is 22.3 Å². The predicted octanol–water partition coefficient (Wildman–Crippen LogP) is 4.65. The summed E-state index contributed by atoms with van der Waals surface area (Å²) in [5.41, 5.74) is 6.69. The molecule has 0 unspecified atom stereocenters. The van der Waals surface area contributed by atoms with E-state index >= 15 is 0 Å². The van der Waals surface area contributed by atoms with Crippen LogP contribution in [0.3, 0.4) is 0 Å². The van der Waals surface area contributed by atoms with Crippen molar-refractivity contribution in [3.05, 3.63) is 65.3 Å². The molecular formula is C20H24N2S. The summed E-state index contributed by atoms with van der Waals surface area (Å²) >= 11 is 1.81. The maximum absolute atomic E-state index is 3.57. The number of benzene rings is 2. The van der Waals surface area contributed by atoms with Gasteiger partial charge in [-0.15, -0.1) is 11.8 Å². The summed E-state index contributed by atoms with van der Waals surface area (Å²) in [7, 11) is 0. The van der Waals surface area contributed by atoms with Crippen molar-refractivity contribution in [2.24, 2.45) is 0 Å². The number of nitrogens with zero attached hydrogens (tertiary/aromatic N) is 2. The van der Waals surface area contributed by atoms with E-state index in [1.165, 1.54) is 32.8 Å². The fourth-order valence-electron chi connectivity index (χ4n) is 3.41. The average Bonchev–Trinajstić information content (AvgIpc) is 2.95. The van der Waals surface area contributed by atoms with Gasteiger partial charge in [0.05, 0.1) is 0 Å². The lowest BCUT2D eigenvalue weighted by Crippen LogP contribution is -2.20. The highest BCUT2D eigenvalue weighted by atomic mass is 32.2. The van der Waals surface area contributed by atoms with Crippen molar-refractivity contribution >= 4 is 17.4 Å². The Balaban J connectivity index is 1.74. The van der Waals surface area contributed by atoms with Crippen molar-refractivity contribution < 1.29 is 0 Å². The molecule has 23 heavy (non-hydrogen) atoms. The third-order valence-electron chi connectivity index (χ3n) is 4.31. The second-order valence-corrected chi connectivity index (χ2v) is 7.08. The number of rotatable bonds is 4. The van der Waals surface area contributed by atoms with Gasteiger partial charge in [-0.2, -0.15) is 0 Å². The van der Waals surface area contributed by atoms with Crippen LogP contribution in [0, 0.1) is 27.4 Å². The van der Waals surface area contributed by atoms with Gasteiger partial charge in [0.15, 0.2) is 6.67 Å².